The van der Waals surface area contributed by atoms with E-state index in [4.69, 9.17) is 14.2 Å². The van der Waals surface area contributed by atoms with Gasteiger partial charge in [0.05, 0.1) is 0 Å². The second-order valence-electron chi connectivity index (χ2n) is 14.9. The van der Waals surface area contributed by atoms with Crippen LogP contribution in [0.1, 0.15) is 220 Å². The molecule has 312 valence electrons. The Bertz CT molecular complexity index is 964. The Kier molecular flexibility index (Phi) is 41.0. The second kappa shape index (κ2) is 43.1. The monoisotopic (exact) mass is 757 g/mol. The van der Waals surface area contributed by atoms with Crippen LogP contribution in [0.5, 0.6) is 0 Å². The van der Waals surface area contributed by atoms with Crippen LogP contribution < -0.4 is 0 Å². The number of ether oxygens (including phenoxy) is 3. The van der Waals surface area contributed by atoms with Crippen molar-refractivity contribution >= 4 is 17.9 Å². The van der Waals surface area contributed by atoms with Gasteiger partial charge in [0.15, 0.2) is 6.10 Å². The molecule has 0 amide bonds. The van der Waals surface area contributed by atoms with Gasteiger partial charge in [-0.1, -0.05) is 191 Å². The normalized spacial score (nSPS) is 12.4. The highest BCUT2D eigenvalue weighted by Gasteiger charge is 2.19. The zero-order valence-electron chi connectivity index (χ0n) is 35.5. The number of allylic oxidation sites excluding steroid dienone is 8. The Morgan fingerprint density at radius 2 is 0.722 bits per heavy atom. The first-order chi connectivity index (χ1) is 26.5. The maximum Gasteiger partial charge on any atom is 0.306 e. The molecule has 0 radical (unpaired) electrons. The lowest BCUT2D eigenvalue weighted by Gasteiger charge is -2.18. The highest BCUT2D eigenvalue weighted by atomic mass is 16.6. The molecule has 0 aromatic rings. The average Bonchev–Trinajstić information content (AvgIpc) is 3.17. The molecule has 0 rings (SSSR count). The Morgan fingerprint density at radius 3 is 1.13 bits per heavy atom. The molecule has 1 unspecified atom stereocenters. The van der Waals surface area contributed by atoms with Gasteiger partial charge in [-0.05, 0) is 57.8 Å². The molecule has 0 aromatic heterocycles. The van der Waals surface area contributed by atoms with Gasteiger partial charge in [0.1, 0.15) is 13.2 Å². The van der Waals surface area contributed by atoms with Crippen LogP contribution in [0.25, 0.3) is 0 Å². The molecule has 0 aliphatic carbocycles. The summed E-state index contributed by atoms with van der Waals surface area (Å²) in [5.41, 5.74) is 0. The van der Waals surface area contributed by atoms with Crippen molar-refractivity contribution in [3.05, 3.63) is 48.6 Å². The molecule has 0 spiro atoms. The van der Waals surface area contributed by atoms with Gasteiger partial charge in [0.2, 0.25) is 0 Å². The van der Waals surface area contributed by atoms with Crippen molar-refractivity contribution < 1.29 is 28.6 Å². The predicted molar refractivity (Wildman–Crippen MR) is 229 cm³/mol. The summed E-state index contributed by atoms with van der Waals surface area (Å²) in [4.78, 5) is 37.5. The van der Waals surface area contributed by atoms with Crippen LogP contribution in [-0.2, 0) is 28.6 Å². The maximum atomic E-state index is 12.7. The van der Waals surface area contributed by atoms with Crippen LogP contribution >= 0.6 is 0 Å². The van der Waals surface area contributed by atoms with Crippen LogP contribution in [-0.4, -0.2) is 37.2 Å². The summed E-state index contributed by atoms with van der Waals surface area (Å²) in [5.74, 6) is -0.913. The van der Waals surface area contributed by atoms with Gasteiger partial charge in [-0.2, -0.15) is 0 Å². The molecule has 0 heterocycles. The average molecular weight is 757 g/mol. The quantitative estimate of drug-likeness (QED) is 0.0268. The fraction of sp³-hybridized carbons (Fsp3) is 0.771. The van der Waals surface area contributed by atoms with E-state index in [-0.39, 0.29) is 31.1 Å². The number of carbonyl (C=O) groups is 3. The highest BCUT2D eigenvalue weighted by molar-refractivity contribution is 5.71. The molecule has 1 atom stereocenters. The molecule has 54 heavy (non-hydrogen) atoms. The topological polar surface area (TPSA) is 78.9 Å². The van der Waals surface area contributed by atoms with Crippen LogP contribution in [0.2, 0.25) is 0 Å². The Morgan fingerprint density at radius 1 is 0.389 bits per heavy atom. The largest absolute Gasteiger partial charge is 0.462 e. The molecule has 6 heteroatoms. The maximum absolute atomic E-state index is 12.7. The SMILES string of the molecule is CC/C=C\C/C=C\C/C=C\C/C=C\CCCCCCC(=O)OCC(COC(=O)CCCCCCCC)OC(=O)CCCCCCCCCCCCCCC. The lowest BCUT2D eigenvalue weighted by Crippen LogP contribution is -2.30. The molecule has 0 aliphatic heterocycles. The smallest absolute Gasteiger partial charge is 0.306 e. The molecule has 0 saturated carbocycles. The van der Waals surface area contributed by atoms with E-state index in [0.29, 0.717) is 19.3 Å². The van der Waals surface area contributed by atoms with Gasteiger partial charge >= 0.3 is 17.9 Å². The third-order valence-corrected chi connectivity index (χ3v) is 9.60. The standard InChI is InChI=1S/C48H84O6/c1-4-7-10-13-16-18-20-22-23-24-25-27-28-30-32-35-38-41-47(50)53-44-45(43-52-46(49)40-37-34-15-12-9-6-3)54-48(51)42-39-36-33-31-29-26-21-19-17-14-11-8-5-2/h7,10,16,18,22-23,25,27,45H,4-6,8-9,11-15,17,19-21,24,26,28-44H2,1-3H3/b10-7-,18-16-,23-22-,27-25-. The van der Waals surface area contributed by atoms with E-state index >= 15 is 0 Å². The molecule has 0 fully saturated rings. The zero-order chi connectivity index (χ0) is 39.4. The van der Waals surface area contributed by atoms with Crippen LogP contribution in [0.4, 0.5) is 0 Å². The van der Waals surface area contributed by atoms with Crippen molar-refractivity contribution in [1.82, 2.24) is 0 Å². The number of hydrogen-bond donors (Lipinski definition) is 0. The summed E-state index contributed by atoms with van der Waals surface area (Å²) < 4.78 is 16.6. The Balaban J connectivity index is 4.30. The molecule has 0 N–H and O–H groups in total. The summed E-state index contributed by atoms with van der Waals surface area (Å²) in [7, 11) is 0. The van der Waals surface area contributed by atoms with E-state index in [1.165, 1.54) is 83.5 Å². The van der Waals surface area contributed by atoms with Crippen molar-refractivity contribution in [3.8, 4) is 0 Å². The van der Waals surface area contributed by atoms with Crippen molar-refractivity contribution in [2.75, 3.05) is 13.2 Å². The molecule has 6 nitrogen and oxygen atoms in total. The van der Waals surface area contributed by atoms with Crippen molar-refractivity contribution in [2.45, 2.75) is 226 Å². The summed E-state index contributed by atoms with van der Waals surface area (Å²) in [6, 6.07) is 0. The van der Waals surface area contributed by atoms with Gasteiger partial charge in [-0.15, -0.1) is 0 Å². The van der Waals surface area contributed by atoms with E-state index < -0.39 is 6.10 Å². The molecule has 0 bridgehead atoms. The third kappa shape index (κ3) is 40.6. The summed E-state index contributed by atoms with van der Waals surface area (Å²) >= 11 is 0. The molecule has 0 saturated heterocycles. The van der Waals surface area contributed by atoms with Crippen molar-refractivity contribution in [1.29, 1.82) is 0 Å². The predicted octanol–water partition coefficient (Wildman–Crippen LogP) is 14.4. The number of unbranched alkanes of at least 4 members (excludes halogenated alkanes) is 21. The molecule has 0 aliphatic rings. The van der Waals surface area contributed by atoms with Crippen LogP contribution in [0, 0.1) is 0 Å². The zero-order valence-corrected chi connectivity index (χ0v) is 35.5. The highest BCUT2D eigenvalue weighted by Crippen LogP contribution is 2.14. The number of rotatable bonds is 40. The Labute approximate surface area is 333 Å². The minimum Gasteiger partial charge on any atom is -0.462 e. The molecular formula is C48H84O6. The first kappa shape index (κ1) is 51.4. The van der Waals surface area contributed by atoms with E-state index in [1.807, 2.05) is 0 Å². The first-order valence-corrected chi connectivity index (χ1v) is 22.6. The van der Waals surface area contributed by atoms with E-state index in [0.717, 1.165) is 96.3 Å². The van der Waals surface area contributed by atoms with Crippen LogP contribution in [0.15, 0.2) is 48.6 Å². The van der Waals surface area contributed by atoms with Gasteiger partial charge in [0, 0.05) is 19.3 Å². The lowest BCUT2D eigenvalue weighted by atomic mass is 10.0. The van der Waals surface area contributed by atoms with Gasteiger partial charge in [0.25, 0.3) is 0 Å². The summed E-state index contributed by atoms with van der Waals surface area (Å²) in [5, 5.41) is 0. The van der Waals surface area contributed by atoms with Gasteiger partial charge in [-0.3, -0.25) is 14.4 Å². The van der Waals surface area contributed by atoms with Crippen molar-refractivity contribution in [3.63, 3.8) is 0 Å². The Hall–Kier alpha value is -2.63. The third-order valence-electron chi connectivity index (χ3n) is 9.60. The minimum absolute atomic E-state index is 0.0798. The summed E-state index contributed by atoms with van der Waals surface area (Å²) in [6.45, 7) is 6.43. The number of esters is 3. The second-order valence-corrected chi connectivity index (χ2v) is 14.9. The summed E-state index contributed by atoms with van der Waals surface area (Å²) in [6.07, 6.45) is 49.7. The minimum atomic E-state index is -0.775. The van der Waals surface area contributed by atoms with E-state index in [1.54, 1.807) is 0 Å². The fourth-order valence-electron chi connectivity index (χ4n) is 6.20. The van der Waals surface area contributed by atoms with E-state index in [9.17, 15) is 14.4 Å². The number of hydrogen-bond acceptors (Lipinski definition) is 6. The lowest BCUT2D eigenvalue weighted by molar-refractivity contribution is -0.167. The number of carbonyl (C=O) groups excluding carboxylic acids is 3. The molecule has 0 aromatic carbocycles. The first-order valence-electron chi connectivity index (χ1n) is 22.6. The van der Waals surface area contributed by atoms with Crippen molar-refractivity contribution in [2.24, 2.45) is 0 Å². The van der Waals surface area contributed by atoms with Gasteiger partial charge in [-0.25, -0.2) is 0 Å². The molecular weight excluding hydrogens is 673 g/mol. The van der Waals surface area contributed by atoms with Crippen LogP contribution in [0.3, 0.4) is 0 Å². The van der Waals surface area contributed by atoms with Gasteiger partial charge < -0.3 is 14.2 Å². The van der Waals surface area contributed by atoms with E-state index in [2.05, 4.69) is 69.4 Å². The fourth-order valence-corrected chi connectivity index (χ4v) is 6.20.